The maximum Gasteiger partial charge on any atom is 1.00 e. The summed E-state index contributed by atoms with van der Waals surface area (Å²) in [6, 6.07) is -1.48. The third-order valence-corrected chi connectivity index (χ3v) is 9.79. The van der Waals surface area contributed by atoms with Gasteiger partial charge in [-0.3, -0.25) is 9.59 Å². The monoisotopic (exact) mass is 790 g/mol. The van der Waals surface area contributed by atoms with E-state index in [1.165, 1.54) is 116 Å². The summed E-state index contributed by atoms with van der Waals surface area (Å²) in [6.45, 7) is 4.48. The number of carboxylic acid groups (broad SMARTS) is 2. The van der Waals surface area contributed by atoms with Crippen LogP contribution in [0, 0.1) is 0 Å². The SMILES string of the molecule is CCCCCCCCCCCCCC(=O)N[C@@H](CCSC)C(=O)O.CCCCCCCCCCCCCC(=O)N[C@@H](CCSC)C(=O)O.O=S.[H-].[Na+]. The minimum atomic E-state index is -0.934. The molecular weight excluding hydrogens is 716 g/mol. The van der Waals surface area contributed by atoms with E-state index in [1.807, 2.05) is 12.5 Å². The smallest absolute Gasteiger partial charge is 1.00 e. The number of amides is 2. The number of unbranched alkanes of at least 4 members (excludes halogenated alkanes) is 20. The Labute approximate surface area is 349 Å². The van der Waals surface area contributed by atoms with Crippen LogP contribution in [0.1, 0.15) is 182 Å². The molecule has 0 aromatic carbocycles. The van der Waals surface area contributed by atoms with Gasteiger partial charge in [0.05, 0.1) is 0 Å². The molecule has 0 bridgehead atoms. The second-order valence-electron chi connectivity index (χ2n) is 13.1. The number of rotatable bonds is 34. The van der Waals surface area contributed by atoms with E-state index >= 15 is 0 Å². The molecule has 0 aromatic heterocycles. The second-order valence-corrected chi connectivity index (χ2v) is 15.0. The van der Waals surface area contributed by atoms with E-state index in [2.05, 4.69) is 37.0 Å². The summed E-state index contributed by atoms with van der Waals surface area (Å²) in [5.41, 5.74) is 0. The maximum atomic E-state index is 11.8. The molecule has 0 aliphatic rings. The number of carbonyl (C=O) groups excluding carboxylic acids is 2. The molecule has 9 nitrogen and oxygen atoms in total. The summed E-state index contributed by atoms with van der Waals surface area (Å²) in [6.07, 6.45) is 33.2. The Hall–Kier alpha value is -0.400. The van der Waals surface area contributed by atoms with Crippen LogP contribution < -0.4 is 40.2 Å². The quantitative estimate of drug-likeness (QED) is 0.0405. The van der Waals surface area contributed by atoms with E-state index in [9.17, 15) is 19.2 Å². The first-order valence-corrected chi connectivity index (χ1v) is 22.5. The zero-order chi connectivity index (χ0) is 38.1. The fourth-order valence-corrected chi connectivity index (χ4v) is 6.36. The van der Waals surface area contributed by atoms with E-state index in [4.69, 9.17) is 14.4 Å². The Morgan fingerprint density at radius 3 is 0.961 bits per heavy atom. The minimum absolute atomic E-state index is 0. The fourth-order valence-electron chi connectivity index (χ4n) is 5.42. The first-order valence-electron chi connectivity index (χ1n) is 19.4. The fraction of sp³-hybridized carbons (Fsp3) is 0.895. The largest absolute Gasteiger partial charge is 1.00 e. The Morgan fingerprint density at radius 2 is 0.745 bits per heavy atom. The average molecular weight is 791 g/mol. The van der Waals surface area contributed by atoms with E-state index in [-0.39, 0.29) is 42.8 Å². The summed E-state index contributed by atoms with van der Waals surface area (Å²) >= 11 is 6.03. The molecule has 0 aliphatic heterocycles. The standard InChI is InChI=1S/2C19H37NO3S.Na.OS.H/c2*1-3-4-5-6-7-8-9-10-11-12-13-14-18(21)20-17(19(22)23)15-16-24-2;;1-2;/h2*17H,3-16H2,1-2H3,(H,20,21)(H,22,23);;;/q;;+1;;-1/t2*17-;;;/m00.../s1. The van der Waals surface area contributed by atoms with Crippen LogP contribution in [0.5, 0.6) is 0 Å². The molecule has 51 heavy (non-hydrogen) atoms. The number of aliphatic carboxylic acids is 2. The van der Waals surface area contributed by atoms with Crippen molar-refractivity contribution in [1.29, 1.82) is 0 Å². The first-order chi connectivity index (χ1) is 24.2. The number of hydrogen-bond acceptors (Lipinski definition) is 8. The van der Waals surface area contributed by atoms with E-state index in [0.717, 1.165) is 37.2 Å². The average Bonchev–Trinajstić information content (AvgIpc) is 3.10. The molecule has 0 aromatic rings. The van der Waals surface area contributed by atoms with Crippen LogP contribution in [0.3, 0.4) is 0 Å². The van der Waals surface area contributed by atoms with Gasteiger partial charge in [0.15, 0.2) is 12.5 Å². The van der Waals surface area contributed by atoms with Crippen molar-refractivity contribution in [2.24, 2.45) is 0 Å². The Morgan fingerprint density at radius 1 is 0.510 bits per heavy atom. The molecule has 0 aliphatic carbocycles. The molecule has 0 radical (unpaired) electrons. The number of carbonyl (C=O) groups is 4. The molecule has 0 spiro atoms. The maximum absolute atomic E-state index is 11.8. The summed E-state index contributed by atoms with van der Waals surface area (Å²) in [7, 11) is 0. The molecule has 0 rings (SSSR count). The molecule has 13 heteroatoms. The van der Waals surface area contributed by atoms with Gasteiger partial charge in [-0.05, 0) is 49.7 Å². The van der Waals surface area contributed by atoms with Gasteiger partial charge in [0, 0.05) is 12.8 Å². The zero-order valence-electron chi connectivity index (χ0n) is 34.1. The van der Waals surface area contributed by atoms with Crippen molar-refractivity contribution in [2.45, 2.75) is 193 Å². The van der Waals surface area contributed by atoms with Gasteiger partial charge in [-0.15, -0.1) is 0 Å². The molecule has 0 unspecified atom stereocenters. The number of carboxylic acids is 2. The van der Waals surface area contributed by atoms with E-state index in [0.29, 0.717) is 25.7 Å². The zero-order valence-corrected chi connectivity index (χ0v) is 37.6. The molecule has 4 N–H and O–H groups in total. The van der Waals surface area contributed by atoms with Gasteiger partial charge in [-0.1, -0.05) is 142 Å². The first kappa shape index (κ1) is 57.3. The van der Waals surface area contributed by atoms with Crippen LogP contribution in [-0.4, -0.2) is 74.3 Å². The number of thioether (sulfide) groups is 2. The van der Waals surface area contributed by atoms with Crippen molar-refractivity contribution < 1.29 is 64.6 Å². The van der Waals surface area contributed by atoms with Crippen LogP contribution >= 0.6 is 23.5 Å². The molecule has 2 amide bonds. The molecular formula is C38H75N2NaO7S3. The molecule has 0 fully saturated rings. The van der Waals surface area contributed by atoms with Crippen LogP contribution in [0.2, 0.25) is 0 Å². The van der Waals surface area contributed by atoms with Gasteiger partial charge in [0.2, 0.25) is 11.8 Å². The molecule has 298 valence electrons. The van der Waals surface area contributed by atoms with Crippen LogP contribution in [-0.2, 0) is 31.7 Å². The van der Waals surface area contributed by atoms with Gasteiger partial charge in [0.25, 0.3) is 0 Å². The van der Waals surface area contributed by atoms with Gasteiger partial charge < -0.3 is 22.3 Å². The normalized spacial score (nSPS) is 11.5. The van der Waals surface area contributed by atoms with Crippen LogP contribution in [0.25, 0.3) is 0 Å². The Bertz CT molecular complexity index is 746. The second kappa shape index (κ2) is 47.6. The summed E-state index contributed by atoms with van der Waals surface area (Å²) in [5, 5.41) is 23.4. The van der Waals surface area contributed by atoms with Crippen molar-refractivity contribution >= 4 is 59.8 Å². The van der Waals surface area contributed by atoms with E-state index in [1.54, 1.807) is 23.5 Å². The third-order valence-electron chi connectivity index (χ3n) is 8.50. The molecule has 0 heterocycles. The molecule has 0 saturated heterocycles. The van der Waals surface area contributed by atoms with Crippen molar-refractivity contribution in [2.75, 3.05) is 24.0 Å². The Kier molecular flexibility index (Phi) is 53.5. The summed E-state index contributed by atoms with van der Waals surface area (Å²) in [5.74, 6) is -0.628. The van der Waals surface area contributed by atoms with Crippen molar-refractivity contribution in [3.05, 3.63) is 0 Å². The van der Waals surface area contributed by atoms with Crippen LogP contribution in [0.4, 0.5) is 0 Å². The van der Waals surface area contributed by atoms with Gasteiger partial charge in [0.1, 0.15) is 12.1 Å². The van der Waals surface area contributed by atoms with Crippen molar-refractivity contribution in [3.8, 4) is 0 Å². The van der Waals surface area contributed by atoms with Gasteiger partial charge in [-0.2, -0.15) is 27.7 Å². The van der Waals surface area contributed by atoms with Gasteiger partial charge in [-0.25, -0.2) is 9.59 Å². The topological polar surface area (TPSA) is 150 Å². The molecule has 0 saturated carbocycles. The summed E-state index contributed by atoms with van der Waals surface area (Å²) < 4.78 is 7.83. The summed E-state index contributed by atoms with van der Waals surface area (Å²) in [4.78, 5) is 45.8. The minimum Gasteiger partial charge on any atom is -1.00 e. The predicted octanol–water partition coefficient (Wildman–Crippen LogP) is 6.80. The van der Waals surface area contributed by atoms with Gasteiger partial charge >= 0.3 is 41.5 Å². The van der Waals surface area contributed by atoms with E-state index < -0.39 is 24.0 Å². The number of nitrogens with one attached hydrogen (secondary N) is 2. The van der Waals surface area contributed by atoms with Crippen LogP contribution in [0.15, 0.2) is 0 Å². The van der Waals surface area contributed by atoms with Crippen molar-refractivity contribution in [1.82, 2.24) is 10.6 Å². The third kappa shape index (κ3) is 45.7. The molecule has 2 atom stereocenters. The predicted molar refractivity (Wildman–Crippen MR) is 217 cm³/mol. The van der Waals surface area contributed by atoms with Crippen molar-refractivity contribution in [3.63, 3.8) is 0 Å². The Balaban J connectivity index is -0.000000261. The number of hydrogen-bond donors (Lipinski definition) is 4.